The third kappa shape index (κ3) is 5.65. The zero-order valence-corrected chi connectivity index (χ0v) is 17.1. The van der Waals surface area contributed by atoms with Crippen molar-refractivity contribution >= 4 is 28.2 Å². The molecule has 6 nitrogen and oxygen atoms in total. The van der Waals surface area contributed by atoms with Crippen LogP contribution in [0.15, 0.2) is 54.6 Å². The summed E-state index contributed by atoms with van der Waals surface area (Å²) in [5.74, 6) is 1.26. The fourth-order valence-corrected chi connectivity index (χ4v) is 3.58. The summed E-state index contributed by atoms with van der Waals surface area (Å²) in [6.07, 6.45) is 0.861. The highest BCUT2D eigenvalue weighted by molar-refractivity contribution is 7.18. The molecule has 1 aromatic heterocycles. The van der Waals surface area contributed by atoms with Crippen molar-refractivity contribution in [2.45, 2.75) is 19.8 Å². The molecule has 0 atom stereocenters. The second kappa shape index (κ2) is 9.84. The number of amides is 1. The molecule has 7 heteroatoms. The normalized spacial score (nSPS) is 10.4. The number of ether oxygens (including phenoxy) is 2. The summed E-state index contributed by atoms with van der Waals surface area (Å²) in [4.78, 5) is 29.2. The molecule has 1 N–H and O–H groups in total. The fourth-order valence-electron chi connectivity index (χ4n) is 2.68. The van der Waals surface area contributed by atoms with Gasteiger partial charge in [-0.3, -0.25) is 9.59 Å². The number of aromatic nitrogens is 1. The molecule has 0 aliphatic carbocycles. The maximum absolute atomic E-state index is 12.2. The highest BCUT2D eigenvalue weighted by Gasteiger charge is 2.17. The number of nitrogens with one attached hydrogen (secondary N) is 1. The number of hydrogen-bond acceptors (Lipinski definition) is 6. The summed E-state index contributed by atoms with van der Waals surface area (Å²) >= 11 is 1.19. The van der Waals surface area contributed by atoms with Crippen molar-refractivity contribution in [3.63, 3.8) is 0 Å². The number of anilines is 1. The predicted molar refractivity (Wildman–Crippen MR) is 114 cm³/mol. The predicted octanol–water partition coefficient (Wildman–Crippen LogP) is 4.82. The molecule has 0 fully saturated rings. The van der Waals surface area contributed by atoms with Crippen LogP contribution in [0.25, 0.3) is 11.3 Å². The summed E-state index contributed by atoms with van der Waals surface area (Å²) in [6, 6.07) is 16.8. The van der Waals surface area contributed by atoms with E-state index >= 15 is 0 Å². The van der Waals surface area contributed by atoms with E-state index in [1.165, 1.54) is 18.3 Å². The van der Waals surface area contributed by atoms with Gasteiger partial charge in [-0.25, -0.2) is 4.98 Å². The van der Waals surface area contributed by atoms with E-state index in [4.69, 9.17) is 9.47 Å². The molecular formula is C22H22N2O4S. The second-order valence-corrected chi connectivity index (χ2v) is 7.29. The van der Waals surface area contributed by atoms with Crippen LogP contribution in [0, 0.1) is 0 Å². The largest absolute Gasteiger partial charge is 0.497 e. The van der Waals surface area contributed by atoms with Crippen molar-refractivity contribution in [2.24, 2.45) is 0 Å². The molecule has 3 rings (SSSR count). The molecule has 3 aromatic rings. The van der Waals surface area contributed by atoms with E-state index < -0.39 is 0 Å². The highest BCUT2D eigenvalue weighted by Crippen LogP contribution is 2.31. The minimum atomic E-state index is -0.160. The smallest absolute Gasteiger partial charge is 0.226 e. The first-order chi connectivity index (χ1) is 14.1. The van der Waals surface area contributed by atoms with Crippen LogP contribution in [-0.4, -0.2) is 30.4 Å². The lowest BCUT2D eigenvalue weighted by molar-refractivity contribution is -0.116. The summed E-state index contributed by atoms with van der Waals surface area (Å²) in [6.45, 7) is 1.92. The third-order valence-electron chi connectivity index (χ3n) is 4.12. The number of carbonyl (C=O) groups excluding carboxylic acids is 2. The van der Waals surface area contributed by atoms with Gasteiger partial charge in [0.25, 0.3) is 0 Å². The van der Waals surface area contributed by atoms with Crippen LogP contribution in [0.3, 0.4) is 0 Å². The summed E-state index contributed by atoms with van der Waals surface area (Å²) in [7, 11) is 1.61. The van der Waals surface area contributed by atoms with Gasteiger partial charge in [0.15, 0.2) is 10.9 Å². The minimum Gasteiger partial charge on any atom is -0.497 e. The summed E-state index contributed by atoms with van der Waals surface area (Å²) < 4.78 is 10.7. The third-order valence-corrected chi connectivity index (χ3v) is 5.19. The van der Waals surface area contributed by atoms with Gasteiger partial charge in [0.05, 0.1) is 24.3 Å². The van der Waals surface area contributed by atoms with E-state index in [2.05, 4.69) is 10.3 Å². The molecule has 150 valence electrons. The van der Waals surface area contributed by atoms with Crippen LogP contribution >= 0.6 is 11.3 Å². The number of carbonyl (C=O) groups is 2. The molecule has 29 heavy (non-hydrogen) atoms. The number of hydrogen-bond donors (Lipinski definition) is 1. The summed E-state index contributed by atoms with van der Waals surface area (Å²) in [5.41, 5.74) is 1.45. The average Bonchev–Trinajstić information content (AvgIpc) is 3.16. The zero-order valence-electron chi connectivity index (χ0n) is 16.3. The number of Topliss-reactive ketones (excluding diaryl/α,β-unsaturated/α-hetero) is 1. The Balaban J connectivity index is 1.53. The Labute approximate surface area is 173 Å². The van der Waals surface area contributed by atoms with Crippen LogP contribution in [0.2, 0.25) is 0 Å². The van der Waals surface area contributed by atoms with Crippen molar-refractivity contribution in [1.82, 2.24) is 4.98 Å². The lowest BCUT2D eigenvalue weighted by Crippen LogP contribution is -2.12. The topological polar surface area (TPSA) is 77.5 Å². The zero-order chi connectivity index (χ0) is 20.6. The van der Waals surface area contributed by atoms with Crippen molar-refractivity contribution in [3.8, 4) is 22.8 Å². The van der Waals surface area contributed by atoms with Crippen LogP contribution in [0.5, 0.6) is 11.5 Å². The maximum Gasteiger partial charge on any atom is 0.226 e. The SMILES string of the molecule is COc1ccc(OCCCC(=O)Nc2nc(-c3ccccc3)c(C(C)=O)s2)cc1. The van der Waals surface area contributed by atoms with Gasteiger partial charge in [0.1, 0.15) is 11.5 Å². The molecular weight excluding hydrogens is 388 g/mol. The van der Waals surface area contributed by atoms with Gasteiger partial charge in [-0.15, -0.1) is 0 Å². The maximum atomic E-state index is 12.2. The van der Waals surface area contributed by atoms with Crippen molar-refractivity contribution in [3.05, 3.63) is 59.5 Å². The Hall–Kier alpha value is -3.19. The van der Waals surface area contributed by atoms with Gasteiger partial charge >= 0.3 is 0 Å². The lowest BCUT2D eigenvalue weighted by Gasteiger charge is -2.07. The van der Waals surface area contributed by atoms with Gasteiger partial charge < -0.3 is 14.8 Å². The van der Waals surface area contributed by atoms with E-state index in [0.717, 1.165) is 17.1 Å². The van der Waals surface area contributed by atoms with Crippen LogP contribution in [0.1, 0.15) is 29.4 Å². The standard InChI is InChI=1S/C22H22N2O4S/c1-15(25)21-20(16-7-4-3-5-8-16)24-22(29-21)23-19(26)9-6-14-28-18-12-10-17(27-2)11-13-18/h3-5,7-8,10-13H,6,9,14H2,1-2H3,(H,23,24,26). The first-order valence-electron chi connectivity index (χ1n) is 9.20. The van der Waals surface area contributed by atoms with Crippen molar-refractivity contribution in [2.75, 3.05) is 19.0 Å². The molecule has 0 aliphatic heterocycles. The Morgan fingerprint density at radius 3 is 2.38 bits per heavy atom. The van der Waals surface area contributed by atoms with E-state index in [1.54, 1.807) is 7.11 Å². The van der Waals surface area contributed by atoms with E-state index in [-0.39, 0.29) is 11.7 Å². The molecule has 0 bridgehead atoms. The Morgan fingerprint density at radius 2 is 1.72 bits per heavy atom. The molecule has 1 heterocycles. The van der Waals surface area contributed by atoms with Gasteiger partial charge in [-0.1, -0.05) is 41.7 Å². The van der Waals surface area contributed by atoms with Gasteiger partial charge in [0, 0.05) is 18.9 Å². The number of rotatable bonds is 9. The average molecular weight is 410 g/mol. The molecule has 1 amide bonds. The minimum absolute atomic E-state index is 0.0743. The Kier molecular flexibility index (Phi) is 6.97. The summed E-state index contributed by atoms with van der Waals surface area (Å²) in [5, 5.41) is 3.21. The Bertz CT molecular complexity index is 968. The molecule has 0 spiro atoms. The Morgan fingerprint density at radius 1 is 1.03 bits per heavy atom. The molecule has 0 unspecified atom stereocenters. The van der Waals surface area contributed by atoms with E-state index in [0.29, 0.717) is 35.2 Å². The van der Waals surface area contributed by atoms with Gasteiger partial charge in [0.2, 0.25) is 5.91 Å². The molecule has 0 saturated carbocycles. The number of methoxy groups -OCH3 is 1. The number of thiazole rings is 1. The van der Waals surface area contributed by atoms with E-state index in [1.807, 2.05) is 54.6 Å². The molecule has 0 radical (unpaired) electrons. The first kappa shape index (κ1) is 20.5. The monoisotopic (exact) mass is 410 g/mol. The van der Waals surface area contributed by atoms with Crippen LogP contribution < -0.4 is 14.8 Å². The van der Waals surface area contributed by atoms with Crippen LogP contribution in [-0.2, 0) is 4.79 Å². The van der Waals surface area contributed by atoms with E-state index in [9.17, 15) is 9.59 Å². The van der Waals surface area contributed by atoms with Crippen molar-refractivity contribution in [1.29, 1.82) is 0 Å². The molecule has 0 aliphatic rings. The van der Waals surface area contributed by atoms with Gasteiger partial charge in [-0.2, -0.15) is 0 Å². The van der Waals surface area contributed by atoms with Crippen molar-refractivity contribution < 1.29 is 19.1 Å². The second-order valence-electron chi connectivity index (χ2n) is 6.29. The fraction of sp³-hybridized carbons (Fsp3) is 0.227. The quantitative estimate of drug-likeness (QED) is 0.404. The molecule has 0 saturated heterocycles. The number of ketones is 1. The lowest BCUT2D eigenvalue weighted by atomic mass is 10.1. The highest BCUT2D eigenvalue weighted by atomic mass is 32.1. The van der Waals surface area contributed by atoms with Gasteiger partial charge in [-0.05, 0) is 30.7 Å². The number of benzene rings is 2. The van der Waals surface area contributed by atoms with Crippen LogP contribution in [0.4, 0.5) is 5.13 Å². The molecule has 2 aromatic carbocycles. The first-order valence-corrected chi connectivity index (χ1v) is 10.0. The number of nitrogens with zero attached hydrogens (tertiary/aromatic N) is 1.